The predicted octanol–water partition coefficient (Wildman–Crippen LogP) is 5.45. The zero-order valence-corrected chi connectivity index (χ0v) is 28.5. The van der Waals surface area contributed by atoms with Crippen molar-refractivity contribution in [2.24, 2.45) is 5.92 Å². The summed E-state index contributed by atoms with van der Waals surface area (Å²) in [6, 6.07) is 14.0. The van der Waals surface area contributed by atoms with Crippen molar-refractivity contribution in [2.45, 2.75) is 88.1 Å². The Morgan fingerprint density at radius 2 is 1.66 bits per heavy atom. The van der Waals surface area contributed by atoms with Gasteiger partial charge in [-0.1, -0.05) is 36.8 Å². The molecule has 44 heavy (non-hydrogen) atoms. The highest BCUT2D eigenvalue weighted by Gasteiger charge is 2.38. The minimum atomic E-state index is -3.72. The highest BCUT2D eigenvalue weighted by Crippen LogP contribution is 2.39. The first kappa shape index (κ1) is 34.4. The van der Waals surface area contributed by atoms with Crippen molar-refractivity contribution < 1.29 is 22.7 Å². The Morgan fingerprint density at radius 3 is 2.27 bits per heavy atom. The normalized spacial score (nSPS) is 23.1. The highest BCUT2D eigenvalue weighted by molar-refractivity contribution is 7.89. The van der Waals surface area contributed by atoms with Crippen molar-refractivity contribution in [2.75, 3.05) is 54.6 Å². The van der Waals surface area contributed by atoms with E-state index in [1.54, 1.807) is 28.4 Å². The first-order valence-corrected chi connectivity index (χ1v) is 17.6. The third-order valence-corrected chi connectivity index (χ3v) is 12.3. The molecule has 2 aliphatic rings. The summed E-state index contributed by atoms with van der Waals surface area (Å²) in [6.45, 7) is 4.96. The van der Waals surface area contributed by atoms with Gasteiger partial charge in [0.05, 0.1) is 18.6 Å². The quantitative estimate of drug-likeness (QED) is 0.294. The Morgan fingerprint density at radius 1 is 1.00 bits per heavy atom. The number of methoxy groups -OCH3 is 1. The number of nitrogens with zero attached hydrogens (tertiary/aromatic N) is 3. The summed E-state index contributed by atoms with van der Waals surface area (Å²) in [6.07, 6.45) is 9.20. The molecule has 2 fully saturated rings. The van der Waals surface area contributed by atoms with Crippen molar-refractivity contribution in [3.05, 3.63) is 59.2 Å². The molecule has 1 atom stereocenters. The van der Waals surface area contributed by atoms with Gasteiger partial charge in [-0.25, -0.2) is 8.42 Å². The summed E-state index contributed by atoms with van der Waals surface area (Å²) in [5, 5.41) is 0. The Hall–Kier alpha value is -2.46. The van der Waals surface area contributed by atoms with Crippen LogP contribution in [-0.4, -0.2) is 94.6 Å². The molecular weight excluding hydrogens is 574 g/mol. The molecule has 1 saturated carbocycles. The maximum absolute atomic E-state index is 13.8. The lowest BCUT2D eigenvalue weighted by Gasteiger charge is -2.45. The van der Waals surface area contributed by atoms with E-state index < -0.39 is 10.0 Å². The number of hydrogen-bond donors (Lipinski definition) is 0. The molecule has 1 unspecified atom stereocenters. The van der Waals surface area contributed by atoms with Gasteiger partial charge in [-0.05, 0) is 114 Å². The summed E-state index contributed by atoms with van der Waals surface area (Å²) in [7, 11) is 4.13. The van der Waals surface area contributed by atoms with Crippen molar-refractivity contribution in [3.8, 4) is 5.75 Å². The summed E-state index contributed by atoms with van der Waals surface area (Å²) in [4.78, 5) is 17.5. The molecule has 8 nitrogen and oxygen atoms in total. The zero-order chi connectivity index (χ0) is 31.9. The van der Waals surface area contributed by atoms with Gasteiger partial charge in [0.25, 0.3) is 0 Å². The molecule has 1 aliphatic carbocycles. The molecule has 0 aromatic heterocycles. The van der Waals surface area contributed by atoms with Gasteiger partial charge in [0, 0.05) is 31.7 Å². The summed E-state index contributed by atoms with van der Waals surface area (Å²) < 4.78 is 40.4. The van der Waals surface area contributed by atoms with Crippen LogP contribution < -0.4 is 4.74 Å². The average Bonchev–Trinajstić information content (AvgIpc) is 3.00. The molecule has 2 aromatic carbocycles. The van der Waals surface area contributed by atoms with Crippen LogP contribution in [0, 0.1) is 19.8 Å². The van der Waals surface area contributed by atoms with Gasteiger partial charge in [0.1, 0.15) is 12.4 Å². The second-order valence-corrected chi connectivity index (χ2v) is 15.0. The fourth-order valence-corrected chi connectivity index (χ4v) is 9.26. The Balaban J connectivity index is 1.25. The molecule has 1 heterocycles. The van der Waals surface area contributed by atoms with Crippen LogP contribution in [0.15, 0.2) is 47.4 Å². The lowest BCUT2D eigenvalue weighted by molar-refractivity contribution is -0.135. The first-order valence-electron chi connectivity index (χ1n) is 16.2. The van der Waals surface area contributed by atoms with Crippen molar-refractivity contribution in [1.82, 2.24) is 14.1 Å². The first-order chi connectivity index (χ1) is 21.0. The fraction of sp³-hybridized carbons (Fsp3) is 0.629. The van der Waals surface area contributed by atoms with Gasteiger partial charge in [-0.15, -0.1) is 0 Å². The van der Waals surface area contributed by atoms with E-state index in [0.717, 1.165) is 44.9 Å². The molecule has 2 aromatic rings. The van der Waals surface area contributed by atoms with Crippen LogP contribution >= 0.6 is 0 Å². The molecule has 0 N–H and O–H groups in total. The van der Waals surface area contributed by atoms with Crippen molar-refractivity contribution in [3.63, 3.8) is 0 Å². The second-order valence-electron chi connectivity index (χ2n) is 13.2. The molecule has 4 rings (SSSR count). The smallest absolute Gasteiger partial charge is 0.248 e. The van der Waals surface area contributed by atoms with Gasteiger partial charge in [0.2, 0.25) is 15.9 Å². The van der Waals surface area contributed by atoms with Gasteiger partial charge < -0.3 is 19.3 Å². The fourth-order valence-electron chi connectivity index (χ4n) is 7.16. The number of ether oxygens (including phenoxy) is 2. The number of sulfonamides is 1. The van der Waals surface area contributed by atoms with Crippen LogP contribution in [0.4, 0.5) is 0 Å². The van der Waals surface area contributed by atoms with Gasteiger partial charge in [-0.2, -0.15) is 4.31 Å². The lowest BCUT2D eigenvalue weighted by atomic mass is 9.72. The van der Waals surface area contributed by atoms with E-state index in [-0.39, 0.29) is 30.7 Å². The lowest BCUT2D eigenvalue weighted by Crippen LogP contribution is -2.49. The number of rotatable bonds is 13. The molecule has 1 saturated heterocycles. The van der Waals surface area contributed by atoms with E-state index in [9.17, 15) is 13.2 Å². The molecule has 0 bridgehead atoms. The minimum absolute atomic E-state index is 0.0348. The number of likely N-dealkylation sites (N-methyl/N-ethyl adjacent to an activating group) is 2. The van der Waals surface area contributed by atoms with E-state index >= 15 is 0 Å². The van der Waals surface area contributed by atoms with Gasteiger partial charge in [-0.3, -0.25) is 4.79 Å². The van der Waals surface area contributed by atoms with Gasteiger partial charge >= 0.3 is 0 Å². The minimum Gasteiger partial charge on any atom is -0.497 e. The number of piperidine rings is 1. The van der Waals surface area contributed by atoms with Crippen LogP contribution in [0.1, 0.15) is 68.1 Å². The molecule has 1 aliphatic heterocycles. The van der Waals surface area contributed by atoms with E-state index in [0.29, 0.717) is 40.8 Å². The number of benzene rings is 2. The summed E-state index contributed by atoms with van der Waals surface area (Å²) >= 11 is 0. The van der Waals surface area contributed by atoms with E-state index in [4.69, 9.17) is 9.47 Å². The van der Waals surface area contributed by atoms with Crippen LogP contribution in [0.3, 0.4) is 0 Å². The van der Waals surface area contributed by atoms with E-state index in [1.165, 1.54) is 18.4 Å². The number of aryl methyl sites for hydroxylation is 2. The van der Waals surface area contributed by atoms with Crippen LogP contribution in [0.2, 0.25) is 0 Å². The number of carbonyl (C=O) groups excluding carboxylic acids is 1. The average molecular weight is 628 g/mol. The predicted molar refractivity (Wildman–Crippen MR) is 176 cm³/mol. The Labute approximate surface area is 265 Å². The van der Waals surface area contributed by atoms with Crippen LogP contribution in [0.25, 0.3) is 0 Å². The largest absolute Gasteiger partial charge is 0.497 e. The molecular formula is C35H53N3O5S. The monoisotopic (exact) mass is 627 g/mol. The molecule has 244 valence electrons. The van der Waals surface area contributed by atoms with E-state index in [2.05, 4.69) is 49.3 Å². The molecule has 9 heteroatoms. The zero-order valence-electron chi connectivity index (χ0n) is 27.7. The number of carbonyl (C=O) groups is 1. The summed E-state index contributed by atoms with van der Waals surface area (Å²) in [5.74, 6) is 1.20. The van der Waals surface area contributed by atoms with E-state index in [1.807, 2.05) is 20.9 Å². The van der Waals surface area contributed by atoms with Crippen molar-refractivity contribution >= 4 is 15.9 Å². The number of amides is 1. The van der Waals surface area contributed by atoms with Crippen LogP contribution in [0.5, 0.6) is 5.75 Å². The van der Waals surface area contributed by atoms with Gasteiger partial charge in [0.15, 0.2) is 0 Å². The molecule has 0 spiro atoms. The third kappa shape index (κ3) is 8.22. The highest BCUT2D eigenvalue weighted by atomic mass is 32.2. The SMILES string of the molecule is COc1cc(C)c(S(=O)(=O)N2CCCCC2COCC(=O)N(C)CCC2CCC(Cc3ccccc3)(N(C)C)CC2)c(C)c1. The van der Waals surface area contributed by atoms with Crippen molar-refractivity contribution in [1.29, 1.82) is 0 Å². The topological polar surface area (TPSA) is 79.4 Å². The second kappa shape index (κ2) is 15.2. The number of hydrogen-bond acceptors (Lipinski definition) is 6. The third-order valence-electron chi connectivity index (χ3n) is 10.0. The maximum Gasteiger partial charge on any atom is 0.248 e. The molecule has 1 amide bonds. The van der Waals surface area contributed by atoms with Crippen LogP contribution in [-0.2, 0) is 26.0 Å². The maximum atomic E-state index is 13.8. The Kier molecular flexibility index (Phi) is 11.9. The standard InChI is InChI=1S/C35H53N3O5S/c1-27-22-32(42-6)23-28(2)34(27)44(40,41)38-20-11-10-14-31(38)25-43-26-33(39)37(5)21-17-29-15-18-35(19-16-29,36(3)4)24-30-12-8-7-9-13-30/h7-9,12-13,22-23,29,31H,10-11,14-21,24-26H2,1-6H3. The Bertz CT molecular complexity index is 1320. The summed E-state index contributed by atoms with van der Waals surface area (Å²) in [5.41, 5.74) is 2.93. The molecule has 0 radical (unpaired) electrons.